The van der Waals surface area contributed by atoms with Crippen molar-refractivity contribution in [1.29, 1.82) is 0 Å². The van der Waals surface area contributed by atoms with Crippen molar-refractivity contribution in [2.24, 2.45) is 5.92 Å². The highest BCUT2D eigenvalue weighted by Gasteiger charge is 2.33. The predicted octanol–water partition coefficient (Wildman–Crippen LogP) is 2.16. The molecule has 0 radical (unpaired) electrons. The van der Waals surface area contributed by atoms with Crippen molar-refractivity contribution >= 4 is 21.6 Å². The molecule has 0 saturated carbocycles. The van der Waals surface area contributed by atoms with Gasteiger partial charge in [0.15, 0.2) is 0 Å². The quantitative estimate of drug-likeness (QED) is 0.721. The number of piperazine rings is 1. The molecule has 1 N–H and O–H groups in total. The van der Waals surface area contributed by atoms with E-state index in [1.165, 1.54) is 9.99 Å². The normalized spacial score (nSPS) is 20.8. The van der Waals surface area contributed by atoms with E-state index in [2.05, 4.69) is 46.4 Å². The molecule has 2 aromatic carbocycles. The average molecular weight is 457 g/mol. The van der Waals surface area contributed by atoms with Crippen LogP contribution >= 0.6 is 0 Å². The fraction of sp³-hybridized carbons (Fsp3) is 0.458. The largest absolute Gasteiger partial charge is 0.369 e. The van der Waals surface area contributed by atoms with Crippen LogP contribution in [0.4, 0.5) is 5.69 Å². The molecular formula is C24H32N4O3S. The Morgan fingerprint density at radius 2 is 1.66 bits per heavy atom. The highest BCUT2D eigenvalue weighted by atomic mass is 32.2. The third kappa shape index (κ3) is 5.31. The summed E-state index contributed by atoms with van der Waals surface area (Å²) in [7, 11) is -1.42. The van der Waals surface area contributed by atoms with E-state index in [1.54, 1.807) is 30.3 Å². The SMILES string of the molecule is CN1CCN(c2ccc(CNC(=O)[C@H]3CCCN(S(=O)(=O)c4ccccc4)C3)cc2)CC1. The lowest BCUT2D eigenvalue weighted by atomic mass is 9.98. The van der Waals surface area contributed by atoms with E-state index in [0.717, 1.165) is 31.7 Å². The molecule has 0 bridgehead atoms. The number of anilines is 1. The molecule has 32 heavy (non-hydrogen) atoms. The molecule has 172 valence electrons. The Kier molecular flexibility index (Phi) is 7.13. The molecule has 0 unspecified atom stereocenters. The van der Waals surface area contributed by atoms with Crippen LogP contribution in [0.3, 0.4) is 0 Å². The summed E-state index contributed by atoms with van der Waals surface area (Å²) in [5, 5.41) is 3.00. The zero-order chi connectivity index (χ0) is 22.6. The first kappa shape index (κ1) is 22.8. The molecule has 0 aromatic heterocycles. The Labute approximate surface area is 191 Å². The van der Waals surface area contributed by atoms with Crippen molar-refractivity contribution in [1.82, 2.24) is 14.5 Å². The van der Waals surface area contributed by atoms with Gasteiger partial charge in [-0.15, -0.1) is 0 Å². The van der Waals surface area contributed by atoms with Gasteiger partial charge in [0.25, 0.3) is 0 Å². The fourth-order valence-corrected chi connectivity index (χ4v) is 5.88. The number of hydrogen-bond acceptors (Lipinski definition) is 5. The maximum Gasteiger partial charge on any atom is 0.243 e. The van der Waals surface area contributed by atoms with Crippen LogP contribution in [0.5, 0.6) is 0 Å². The van der Waals surface area contributed by atoms with Gasteiger partial charge in [-0.25, -0.2) is 8.42 Å². The first-order valence-electron chi connectivity index (χ1n) is 11.3. The van der Waals surface area contributed by atoms with Gasteiger partial charge in [0.2, 0.25) is 15.9 Å². The monoisotopic (exact) mass is 456 g/mol. The number of sulfonamides is 1. The van der Waals surface area contributed by atoms with Crippen molar-refractivity contribution in [2.75, 3.05) is 51.2 Å². The maximum atomic E-state index is 12.9. The fourth-order valence-electron chi connectivity index (χ4n) is 4.34. The van der Waals surface area contributed by atoms with Gasteiger partial charge in [-0.3, -0.25) is 4.79 Å². The summed E-state index contributed by atoms with van der Waals surface area (Å²) in [5.74, 6) is -0.409. The lowest BCUT2D eigenvalue weighted by molar-refractivity contribution is -0.126. The van der Waals surface area contributed by atoms with Crippen LogP contribution in [0.25, 0.3) is 0 Å². The molecule has 2 heterocycles. The zero-order valence-electron chi connectivity index (χ0n) is 18.6. The summed E-state index contributed by atoms with van der Waals surface area (Å²) in [6, 6.07) is 16.8. The van der Waals surface area contributed by atoms with Crippen LogP contribution < -0.4 is 10.2 Å². The van der Waals surface area contributed by atoms with Gasteiger partial charge in [0, 0.05) is 51.5 Å². The van der Waals surface area contributed by atoms with Crippen molar-refractivity contribution in [3.8, 4) is 0 Å². The minimum Gasteiger partial charge on any atom is -0.369 e. The number of hydrogen-bond donors (Lipinski definition) is 1. The summed E-state index contributed by atoms with van der Waals surface area (Å²) in [6.07, 6.45) is 1.39. The Morgan fingerprint density at radius 1 is 0.969 bits per heavy atom. The molecule has 7 nitrogen and oxygen atoms in total. The van der Waals surface area contributed by atoms with Crippen molar-refractivity contribution in [3.63, 3.8) is 0 Å². The molecule has 4 rings (SSSR count). The summed E-state index contributed by atoms with van der Waals surface area (Å²) in [6.45, 7) is 5.31. The molecule has 0 spiro atoms. The Hall–Kier alpha value is -2.42. The number of rotatable bonds is 6. The smallest absolute Gasteiger partial charge is 0.243 e. The van der Waals surface area contributed by atoms with E-state index < -0.39 is 10.0 Å². The Morgan fingerprint density at radius 3 is 2.34 bits per heavy atom. The van der Waals surface area contributed by atoms with Gasteiger partial charge in [-0.1, -0.05) is 30.3 Å². The molecule has 2 aromatic rings. The number of carbonyl (C=O) groups excluding carboxylic acids is 1. The van der Waals surface area contributed by atoms with Gasteiger partial charge in [-0.05, 0) is 49.7 Å². The van der Waals surface area contributed by atoms with Gasteiger partial charge in [0.05, 0.1) is 10.8 Å². The minimum absolute atomic E-state index is 0.0823. The van der Waals surface area contributed by atoms with Gasteiger partial charge < -0.3 is 15.1 Å². The van der Waals surface area contributed by atoms with Crippen molar-refractivity contribution < 1.29 is 13.2 Å². The topological polar surface area (TPSA) is 73.0 Å². The van der Waals surface area contributed by atoms with Crippen molar-refractivity contribution in [3.05, 3.63) is 60.2 Å². The molecule has 0 aliphatic carbocycles. The van der Waals surface area contributed by atoms with E-state index in [1.807, 2.05) is 0 Å². The predicted molar refractivity (Wildman–Crippen MR) is 126 cm³/mol. The highest BCUT2D eigenvalue weighted by molar-refractivity contribution is 7.89. The molecule has 1 atom stereocenters. The zero-order valence-corrected chi connectivity index (χ0v) is 19.4. The molecule has 1 amide bonds. The van der Waals surface area contributed by atoms with Crippen LogP contribution in [0.2, 0.25) is 0 Å². The summed E-state index contributed by atoms with van der Waals surface area (Å²) in [4.78, 5) is 17.8. The number of piperidine rings is 1. The first-order valence-corrected chi connectivity index (χ1v) is 12.7. The van der Waals surface area contributed by atoms with Gasteiger partial charge in [-0.2, -0.15) is 4.31 Å². The van der Waals surface area contributed by atoms with Crippen LogP contribution in [-0.4, -0.2) is 69.8 Å². The number of nitrogens with zero attached hydrogens (tertiary/aromatic N) is 3. The minimum atomic E-state index is -3.57. The number of amides is 1. The Balaban J connectivity index is 1.31. The molecule has 2 aliphatic heterocycles. The molecule has 8 heteroatoms. The molecule has 2 saturated heterocycles. The molecule has 2 aliphatic rings. The maximum absolute atomic E-state index is 12.9. The molecule has 2 fully saturated rings. The van der Waals surface area contributed by atoms with Crippen LogP contribution in [0.15, 0.2) is 59.5 Å². The summed E-state index contributed by atoms with van der Waals surface area (Å²) < 4.78 is 27.3. The van der Waals surface area contributed by atoms with E-state index >= 15 is 0 Å². The van der Waals surface area contributed by atoms with Crippen molar-refractivity contribution in [2.45, 2.75) is 24.3 Å². The number of benzene rings is 2. The third-order valence-corrected chi connectivity index (χ3v) is 8.29. The standard InChI is InChI=1S/C24H32N4O3S/c1-26-14-16-27(17-15-26)22-11-9-20(10-12-22)18-25-24(29)21-6-5-13-28(19-21)32(30,31)23-7-3-2-4-8-23/h2-4,7-12,21H,5-6,13-19H2,1H3,(H,25,29)/t21-/m0/s1. The van der Waals surface area contributed by atoms with E-state index in [-0.39, 0.29) is 23.3 Å². The highest BCUT2D eigenvalue weighted by Crippen LogP contribution is 2.24. The summed E-state index contributed by atoms with van der Waals surface area (Å²) >= 11 is 0. The number of carbonyl (C=O) groups is 1. The van der Waals surface area contributed by atoms with Crippen LogP contribution in [0.1, 0.15) is 18.4 Å². The van der Waals surface area contributed by atoms with Crippen LogP contribution in [-0.2, 0) is 21.4 Å². The second kappa shape index (κ2) is 10.0. The second-order valence-electron chi connectivity index (χ2n) is 8.69. The average Bonchev–Trinajstić information content (AvgIpc) is 2.84. The van der Waals surface area contributed by atoms with Gasteiger partial charge >= 0.3 is 0 Å². The van der Waals surface area contributed by atoms with E-state index in [4.69, 9.17) is 0 Å². The number of nitrogens with one attached hydrogen (secondary N) is 1. The van der Waals surface area contributed by atoms with Gasteiger partial charge in [0.1, 0.15) is 0 Å². The summed E-state index contributed by atoms with van der Waals surface area (Å²) in [5.41, 5.74) is 2.25. The first-order chi connectivity index (χ1) is 15.4. The lowest BCUT2D eigenvalue weighted by Crippen LogP contribution is -2.45. The van der Waals surface area contributed by atoms with E-state index in [0.29, 0.717) is 25.9 Å². The van der Waals surface area contributed by atoms with Crippen LogP contribution in [0, 0.1) is 5.92 Å². The third-order valence-electron chi connectivity index (χ3n) is 6.41. The number of likely N-dealkylation sites (N-methyl/N-ethyl adjacent to an activating group) is 1. The Bertz CT molecular complexity index is 1000. The second-order valence-corrected chi connectivity index (χ2v) is 10.6. The molecular weight excluding hydrogens is 424 g/mol. The van der Waals surface area contributed by atoms with E-state index in [9.17, 15) is 13.2 Å². The lowest BCUT2D eigenvalue weighted by Gasteiger charge is -2.34.